The van der Waals surface area contributed by atoms with Crippen LogP contribution in [0.15, 0.2) is 194 Å². The molecule has 0 amide bonds. The third-order valence-corrected chi connectivity index (χ3v) is 13.1. The van der Waals surface area contributed by atoms with E-state index >= 15 is 0 Å². The van der Waals surface area contributed by atoms with Gasteiger partial charge in [-0.1, -0.05) is 187 Å². The van der Waals surface area contributed by atoms with Gasteiger partial charge in [0, 0.05) is 22.6 Å². The quantitative estimate of drug-likeness (QED) is 0.128. The van der Waals surface area contributed by atoms with Crippen LogP contribution in [0.3, 0.4) is 0 Å². The van der Waals surface area contributed by atoms with Gasteiger partial charge in [0.15, 0.2) is 11.6 Å². The Morgan fingerprint density at radius 1 is 0.343 bits per heavy atom. The third kappa shape index (κ3) is 8.55. The van der Waals surface area contributed by atoms with Gasteiger partial charge in [-0.25, -0.2) is 4.98 Å². The molecule has 0 aliphatic rings. The van der Waals surface area contributed by atoms with Gasteiger partial charge in [-0.2, -0.15) is 9.97 Å². The second-order valence-electron chi connectivity index (χ2n) is 18.1. The molecule has 0 unspecified atom stereocenters. The number of hydrogen-bond donors (Lipinski definition) is 0. The zero-order chi connectivity index (χ0) is 46.2. The average Bonchev–Trinajstić information content (AvgIpc) is 3.34. The molecule has 10 aromatic rings. The van der Waals surface area contributed by atoms with Gasteiger partial charge in [0.2, 0.25) is 5.95 Å². The van der Waals surface area contributed by atoms with Crippen molar-refractivity contribution in [2.75, 3.05) is 4.90 Å². The van der Waals surface area contributed by atoms with E-state index in [-0.39, 0.29) is 5.92 Å². The molecule has 0 bridgehead atoms. The van der Waals surface area contributed by atoms with Gasteiger partial charge in [-0.15, -0.1) is 0 Å². The topological polar surface area (TPSA) is 41.9 Å². The van der Waals surface area contributed by atoms with Crippen molar-refractivity contribution >= 4 is 28.1 Å². The summed E-state index contributed by atoms with van der Waals surface area (Å²) in [7, 11) is 0. The highest BCUT2D eigenvalue weighted by Crippen LogP contribution is 2.46. The lowest BCUT2D eigenvalue weighted by Gasteiger charge is -2.30. The standard InChI is InChI=1S/C63H54N4/c1-40-33-43(4)58(44(5)34-40)60(59-45(6)35-41(2)36-46(59)7)54-31-32-56(42(3)37-54)67(57-39-53-26-18-17-25-52(53)38-55(57)49-21-13-9-14-22-49)63-65-61(50-23-15-10-16-24-50)64-62(66-63)51-29-27-48(28-30-51)47-19-11-8-12-20-47/h8-39,60H,1-7H3. The number of rotatable bonds is 10. The van der Waals surface area contributed by atoms with E-state index in [9.17, 15) is 0 Å². The number of aromatic nitrogens is 3. The molecule has 0 saturated heterocycles. The summed E-state index contributed by atoms with van der Waals surface area (Å²) in [6.07, 6.45) is 0. The summed E-state index contributed by atoms with van der Waals surface area (Å²) in [5, 5.41) is 2.29. The summed E-state index contributed by atoms with van der Waals surface area (Å²) in [6.45, 7) is 15.7. The van der Waals surface area contributed by atoms with Crippen LogP contribution in [-0.2, 0) is 0 Å². The smallest absolute Gasteiger partial charge is 0.238 e. The van der Waals surface area contributed by atoms with Gasteiger partial charge < -0.3 is 0 Å². The number of aryl methyl sites for hydroxylation is 7. The number of anilines is 3. The van der Waals surface area contributed by atoms with Crippen LogP contribution in [-0.4, -0.2) is 15.0 Å². The van der Waals surface area contributed by atoms with Crippen LogP contribution < -0.4 is 4.90 Å². The largest absolute Gasteiger partial charge is 0.278 e. The molecule has 0 atom stereocenters. The van der Waals surface area contributed by atoms with Crippen molar-refractivity contribution in [1.29, 1.82) is 0 Å². The Bertz CT molecular complexity index is 3310. The lowest BCUT2D eigenvalue weighted by Crippen LogP contribution is -2.18. The fourth-order valence-corrected chi connectivity index (χ4v) is 10.2. The second-order valence-corrected chi connectivity index (χ2v) is 18.1. The molecule has 10 rings (SSSR count). The minimum Gasteiger partial charge on any atom is -0.278 e. The summed E-state index contributed by atoms with van der Waals surface area (Å²) in [6, 6.07) is 69.5. The maximum atomic E-state index is 5.46. The maximum Gasteiger partial charge on any atom is 0.238 e. The molecule has 0 aliphatic carbocycles. The first-order valence-corrected chi connectivity index (χ1v) is 23.2. The van der Waals surface area contributed by atoms with Gasteiger partial charge in [-0.05, 0) is 139 Å². The van der Waals surface area contributed by atoms with Crippen LogP contribution in [0.25, 0.3) is 55.8 Å². The molecule has 4 heteroatoms. The summed E-state index contributed by atoms with van der Waals surface area (Å²) in [5.74, 6) is 1.76. The van der Waals surface area contributed by atoms with Crippen molar-refractivity contribution in [2.24, 2.45) is 0 Å². The predicted molar refractivity (Wildman–Crippen MR) is 281 cm³/mol. The Kier molecular flexibility index (Phi) is 11.6. The normalized spacial score (nSPS) is 11.3. The SMILES string of the molecule is Cc1cc(C)c(C(c2ccc(N(c3nc(-c4ccccc4)nc(-c4ccc(-c5ccccc5)cc4)n3)c3cc4ccccc4cc3-c3ccccc3)c(C)c2)c2c(C)cc(C)cc2C)c(C)c1. The zero-order valence-electron chi connectivity index (χ0n) is 39.3. The van der Waals surface area contributed by atoms with Crippen LogP contribution in [0, 0.1) is 48.5 Å². The van der Waals surface area contributed by atoms with Crippen LogP contribution >= 0.6 is 0 Å². The molecule has 9 aromatic carbocycles. The minimum absolute atomic E-state index is 0.0234. The van der Waals surface area contributed by atoms with E-state index in [4.69, 9.17) is 15.0 Å². The molecule has 4 nitrogen and oxygen atoms in total. The molecular formula is C63H54N4. The van der Waals surface area contributed by atoms with Crippen LogP contribution in [0.1, 0.15) is 61.6 Å². The van der Waals surface area contributed by atoms with Gasteiger partial charge >= 0.3 is 0 Å². The van der Waals surface area contributed by atoms with Crippen molar-refractivity contribution in [3.8, 4) is 45.0 Å². The molecule has 1 heterocycles. The highest BCUT2D eigenvalue weighted by molar-refractivity contribution is 5.98. The molecule has 0 spiro atoms. The Hall–Kier alpha value is -7.95. The summed E-state index contributed by atoms with van der Waals surface area (Å²) >= 11 is 0. The lowest BCUT2D eigenvalue weighted by atomic mass is 9.76. The molecule has 0 aliphatic heterocycles. The third-order valence-electron chi connectivity index (χ3n) is 13.1. The average molecular weight is 867 g/mol. The first-order valence-electron chi connectivity index (χ1n) is 23.2. The Labute approximate surface area is 395 Å². The van der Waals surface area contributed by atoms with E-state index in [0.29, 0.717) is 17.6 Å². The van der Waals surface area contributed by atoms with E-state index in [1.165, 1.54) is 50.1 Å². The second kappa shape index (κ2) is 18.1. The van der Waals surface area contributed by atoms with Crippen LogP contribution in [0.4, 0.5) is 17.3 Å². The highest BCUT2D eigenvalue weighted by atomic mass is 15.3. The highest BCUT2D eigenvalue weighted by Gasteiger charge is 2.28. The molecule has 326 valence electrons. The monoisotopic (exact) mass is 866 g/mol. The van der Waals surface area contributed by atoms with Crippen LogP contribution in [0.2, 0.25) is 0 Å². The number of fused-ring (bicyclic) bond motifs is 1. The Morgan fingerprint density at radius 2 is 0.776 bits per heavy atom. The summed E-state index contributed by atoms with van der Waals surface area (Å²) < 4.78 is 0. The Morgan fingerprint density at radius 3 is 1.30 bits per heavy atom. The van der Waals surface area contributed by atoms with Gasteiger partial charge in [0.25, 0.3) is 0 Å². The first kappa shape index (κ1) is 43.0. The van der Waals surface area contributed by atoms with Crippen molar-refractivity contribution in [1.82, 2.24) is 15.0 Å². The van der Waals surface area contributed by atoms with Crippen molar-refractivity contribution < 1.29 is 0 Å². The summed E-state index contributed by atoms with van der Waals surface area (Å²) in [4.78, 5) is 18.3. The molecule has 0 radical (unpaired) electrons. The maximum absolute atomic E-state index is 5.46. The minimum atomic E-state index is 0.0234. The van der Waals surface area contributed by atoms with Gasteiger partial charge in [0.05, 0.1) is 11.4 Å². The molecule has 1 aromatic heterocycles. The van der Waals surface area contributed by atoms with Crippen LogP contribution in [0.5, 0.6) is 0 Å². The fraction of sp³-hybridized carbons (Fsp3) is 0.127. The van der Waals surface area contributed by atoms with E-state index in [1.807, 2.05) is 24.3 Å². The van der Waals surface area contributed by atoms with Crippen molar-refractivity contribution in [2.45, 2.75) is 54.4 Å². The molecule has 0 saturated carbocycles. The number of hydrogen-bond acceptors (Lipinski definition) is 4. The molecular weight excluding hydrogens is 813 g/mol. The van der Waals surface area contributed by atoms with E-state index in [0.717, 1.165) is 61.1 Å². The lowest BCUT2D eigenvalue weighted by molar-refractivity contribution is 0.916. The van der Waals surface area contributed by atoms with E-state index < -0.39 is 0 Å². The van der Waals surface area contributed by atoms with Crippen molar-refractivity contribution in [3.63, 3.8) is 0 Å². The fourth-order valence-electron chi connectivity index (χ4n) is 10.2. The van der Waals surface area contributed by atoms with E-state index in [1.54, 1.807) is 0 Å². The summed E-state index contributed by atoms with van der Waals surface area (Å²) in [5.41, 5.74) is 21.1. The Balaban J connectivity index is 1.23. The number of benzene rings is 9. The van der Waals surface area contributed by atoms with Gasteiger partial charge in [0.1, 0.15) is 0 Å². The molecule has 0 fully saturated rings. The molecule has 0 N–H and O–H groups in total. The first-order chi connectivity index (χ1) is 32.6. The molecule has 67 heavy (non-hydrogen) atoms. The van der Waals surface area contributed by atoms with Gasteiger partial charge in [-0.3, -0.25) is 4.90 Å². The van der Waals surface area contributed by atoms with E-state index in [2.05, 4.69) is 223 Å². The number of nitrogens with zero attached hydrogens (tertiary/aromatic N) is 4. The van der Waals surface area contributed by atoms with Crippen molar-refractivity contribution in [3.05, 3.63) is 250 Å². The zero-order valence-corrected chi connectivity index (χ0v) is 39.3. The predicted octanol–water partition coefficient (Wildman–Crippen LogP) is 16.5.